The molecule has 1 fully saturated rings. The maximum absolute atomic E-state index is 13.7. The third-order valence-electron chi connectivity index (χ3n) is 3.31. The molecular weight excluding hydrogens is 222 g/mol. The van der Waals surface area contributed by atoms with E-state index in [2.05, 4.69) is 9.73 Å². The monoisotopic (exact) mass is 234 g/mol. The highest BCUT2D eigenvalue weighted by Gasteiger charge is 2.66. The molecule has 1 saturated carbocycles. The van der Waals surface area contributed by atoms with E-state index < -0.39 is 35.9 Å². The van der Waals surface area contributed by atoms with Crippen LogP contribution in [-0.4, -0.2) is 35.2 Å². The lowest BCUT2D eigenvalue weighted by Crippen LogP contribution is -2.54. The van der Waals surface area contributed by atoms with Crippen LogP contribution in [0.2, 0.25) is 0 Å². The summed E-state index contributed by atoms with van der Waals surface area (Å²) in [6.07, 6.45) is 0.207. The summed E-state index contributed by atoms with van der Waals surface area (Å²) in [7, 11) is 0. The molecule has 0 bridgehead atoms. The van der Waals surface area contributed by atoms with Gasteiger partial charge in [-0.2, -0.15) is 0 Å². The fraction of sp³-hybridized carbons (Fsp3) is 0.778. The van der Waals surface area contributed by atoms with Crippen molar-refractivity contribution in [1.82, 2.24) is 0 Å². The van der Waals surface area contributed by atoms with Crippen molar-refractivity contribution < 1.29 is 23.4 Å². The molecule has 0 saturated heterocycles. The Kier molecular flexibility index (Phi) is 2.12. The Balaban J connectivity index is 2.29. The van der Waals surface area contributed by atoms with Gasteiger partial charge in [0, 0.05) is 5.92 Å². The van der Waals surface area contributed by atoms with Crippen LogP contribution in [0.3, 0.4) is 0 Å². The molecule has 0 unspecified atom stereocenters. The second-order valence-electron chi connectivity index (χ2n) is 4.38. The van der Waals surface area contributed by atoms with Gasteiger partial charge < -0.3 is 15.6 Å². The van der Waals surface area contributed by atoms with Crippen molar-refractivity contribution in [3.63, 3.8) is 0 Å². The molecule has 1 heterocycles. The SMILES string of the molecule is C[C@]1([C@@H]2C[C@H]2C(=O)O)N=C(N)OCC1(F)F. The van der Waals surface area contributed by atoms with Gasteiger partial charge in [0.15, 0.2) is 6.61 Å². The second-order valence-corrected chi connectivity index (χ2v) is 4.38. The van der Waals surface area contributed by atoms with Gasteiger partial charge in [0.2, 0.25) is 0 Å². The molecule has 16 heavy (non-hydrogen) atoms. The standard InChI is InChI=1S/C9H12F2N2O3/c1-8(5-2-4(5)6(14)15)9(10,11)3-16-7(12)13-8/h4-5H,2-3H2,1H3,(H2,12,13)(H,14,15)/t4-,5-,8-/m1/s1. The molecule has 0 radical (unpaired) electrons. The number of carbonyl (C=O) groups is 1. The Morgan fingerprint density at radius 1 is 1.69 bits per heavy atom. The summed E-state index contributed by atoms with van der Waals surface area (Å²) >= 11 is 0. The predicted molar refractivity (Wildman–Crippen MR) is 50.2 cm³/mol. The first kappa shape index (κ1) is 11.1. The summed E-state index contributed by atoms with van der Waals surface area (Å²) in [6, 6.07) is -0.301. The van der Waals surface area contributed by atoms with Crippen molar-refractivity contribution in [3.05, 3.63) is 0 Å². The number of alkyl halides is 2. The van der Waals surface area contributed by atoms with E-state index in [9.17, 15) is 13.6 Å². The van der Waals surface area contributed by atoms with E-state index in [4.69, 9.17) is 10.8 Å². The number of nitrogens with zero attached hydrogens (tertiary/aromatic N) is 1. The fourth-order valence-electron chi connectivity index (χ4n) is 2.10. The predicted octanol–water partition coefficient (Wildman–Crippen LogP) is 0.446. The number of carboxylic acid groups (broad SMARTS) is 1. The molecule has 2 rings (SSSR count). The van der Waals surface area contributed by atoms with Crippen molar-refractivity contribution >= 4 is 12.0 Å². The van der Waals surface area contributed by atoms with E-state index >= 15 is 0 Å². The van der Waals surface area contributed by atoms with Gasteiger partial charge in [0.1, 0.15) is 5.54 Å². The Morgan fingerprint density at radius 3 is 2.81 bits per heavy atom. The van der Waals surface area contributed by atoms with Crippen molar-refractivity contribution in [1.29, 1.82) is 0 Å². The first-order valence-corrected chi connectivity index (χ1v) is 4.87. The smallest absolute Gasteiger partial charge is 0.306 e. The van der Waals surface area contributed by atoms with E-state index in [1.807, 2.05) is 0 Å². The van der Waals surface area contributed by atoms with Crippen LogP contribution in [0.1, 0.15) is 13.3 Å². The van der Waals surface area contributed by atoms with Crippen LogP contribution >= 0.6 is 0 Å². The molecule has 0 amide bonds. The zero-order valence-corrected chi connectivity index (χ0v) is 8.61. The van der Waals surface area contributed by atoms with Crippen LogP contribution in [0, 0.1) is 11.8 Å². The zero-order chi connectivity index (χ0) is 12.1. The molecular formula is C9H12F2N2O3. The van der Waals surface area contributed by atoms with Gasteiger partial charge in [-0.05, 0) is 13.3 Å². The lowest BCUT2D eigenvalue weighted by molar-refractivity contribution is -0.142. The maximum Gasteiger partial charge on any atom is 0.306 e. The van der Waals surface area contributed by atoms with Gasteiger partial charge >= 0.3 is 11.9 Å². The molecule has 0 spiro atoms. The zero-order valence-electron chi connectivity index (χ0n) is 8.61. The number of ether oxygens (including phenoxy) is 1. The molecule has 3 atom stereocenters. The van der Waals surface area contributed by atoms with Crippen molar-refractivity contribution in [3.8, 4) is 0 Å². The van der Waals surface area contributed by atoms with Gasteiger partial charge in [-0.3, -0.25) is 4.79 Å². The number of halogens is 2. The third kappa shape index (κ3) is 1.42. The first-order chi connectivity index (χ1) is 7.28. The number of hydrogen-bond acceptors (Lipinski definition) is 4. The number of amidine groups is 1. The van der Waals surface area contributed by atoms with E-state index in [0.717, 1.165) is 0 Å². The van der Waals surface area contributed by atoms with E-state index in [0.29, 0.717) is 0 Å². The molecule has 7 heteroatoms. The third-order valence-corrected chi connectivity index (χ3v) is 3.31. The summed E-state index contributed by atoms with van der Waals surface area (Å²) in [5.41, 5.74) is 3.50. The van der Waals surface area contributed by atoms with Crippen LogP contribution in [0.15, 0.2) is 4.99 Å². The molecule has 0 aromatic heterocycles. The highest BCUT2D eigenvalue weighted by atomic mass is 19.3. The molecule has 2 aliphatic rings. The van der Waals surface area contributed by atoms with Crippen molar-refractivity contribution in [2.45, 2.75) is 24.8 Å². The largest absolute Gasteiger partial charge is 0.481 e. The topological polar surface area (TPSA) is 84.9 Å². The first-order valence-electron chi connectivity index (χ1n) is 4.87. The van der Waals surface area contributed by atoms with E-state index in [1.54, 1.807) is 0 Å². The molecule has 90 valence electrons. The van der Waals surface area contributed by atoms with Gasteiger partial charge in [0.25, 0.3) is 6.02 Å². The molecule has 1 aliphatic heterocycles. The van der Waals surface area contributed by atoms with Gasteiger partial charge in [-0.15, -0.1) is 0 Å². The lowest BCUT2D eigenvalue weighted by atomic mass is 9.87. The molecule has 0 aromatic rings. The number of hydrogen-bond donors (Lipinski definition) is 2. The summed E-state index contributed by atoms with van der Waals surface area (Å²) in [5, 5.41) is 8.75. The minimum absolute atomic E-state index is 0.207. The summed E-state index contributed by atoms with van der Waals surface area (Å²) in [5.74, 6) is -5.69. The van der Waals surface area contributed by atoms with Crippen LogP contribution < -0.4 is 5.73 Å². The van der Waals surface area contributed by atoms with Crippen LogP contribution in [-0.2, 0) is 9.53 Å². The average Bonchev–Trinajstić information content (AvgIpc) is 2.92. The number of carboxylic acids is 1. The quantitative estimate of drug-likeness (QED) is 0.726. The average molecular weight is 234 g/mol. The Bertz CT molecular complexity index is 372. The normalized spacial score (nSPS) is 40.8. The maximum atomic E-state index is 13.7. The summed E-state index contributed by atoms with van der Waals surface area (Å²) in [4.78, 5) is 14.3. The highest BCUT2D eigenvalue weighted by molar-refractivity contribution is 5.76. The number of nitrogens with two attached hydrogens (primary N) is 1. The van der Waals surface area contributed by atoms with Crippen LogP contribution in [0.4, 0.5) is 8.78 Å². The van der Waals surface area contributed by atoms with E-state index in [-0.39, 0.29) is 12.4 Å². The molecule has 3 N–H and O–H groups in total. The van der Waals surface area contributed by atoms with Gasteiger partial charge in [0.05, 0.1) is 5.92 Å². The van der Waals surface area contributed by atoms with Crippen molar-refractivity contribution in [2.75, 3.05) is 6.61 Å². The minimum atomic E-state index is -3.19. The van der Waals surface area contributed by atoms with Crippen molar-refractivity contribution in [2.24, 2.45) is 22.6 Å². The summed E-state index contributed by atoms with van der Waals surface area (Å²) in [6.45, 7) is 0.387. The summed E-state index contributed by atoms with van der Waals surface area (Å²) < 4.78 is 31.8. The highest BCUT2D eigenvalue weighted by Crippen LogP contribution is 2.55. The Hall–Kier alpha value is -1.40. The number of aliphatic carboxylic acids is 1. The Labute approximate surface area is 90.3 Å². The van der Waals surface area contributed by atoms with Crippen LogP contribution in [0.5, 0.6) is 0 Å². The number of aliphatic imine (C=N–C) groups is 1. The van der Waals surface area contributed by atoms with Gasteiger partial charge in [-0.25, -0.2) is 13.8 Å². The minimum Gasteiger partial charge on any atom is -0.481 e. The fourth-order valence-corrected chi connectivity index (χ4v) is 2.10. The number of rotatable bonds is 2. The van der Waals surface area contributed by atoms with E-state index in [1.165, 1.54) is 6.92 Å². The lowest BCUT2D eigenvalue weighted by Gasteiger charge is -2.37. The molecule has 5 nitrogen and oxygen atoms in total. The second kappa shape index (κ2) is 3.05. The van der Waals surface area contributed by atoms with Gasteiger partial charge in [-0.1, -0.05) is 0 Å². The Morgan fingerprint density at radius 2 is 2.31 bits per heavy atom. The molecule has 0 aromatic carbocycles. The van der Waals surface area contributed by atoms with Crippen LogP contribution in [0.25, 0.3) is 0 Å². The molecule has 1 aliphatic carbocycles.